The van der Waals surface area contributed by atoms with Crippen LogP contribution in [0.1, 0.15) is 87.4 Å². The fourth-order valence-electron chi connectivity index (χ4n) is 4.09. The molecule has 1 aliphatic rings. The Morgan fingerprint density at radius 3 is 2.31 bits per heavy atom. The Bertz CT molecular complexity index is 556. The molecular formula is C24H40N2O3. The molecule has 2 rings (SSSR count). The van der Waals surface area contributed by atoms with Gasteiger partial charge in [0.25, 0.3) is 5.91 Å². The number of carbonyl (C=O) groups excluding carboxylic acids is 1. The van der Waals surface area contributed by atoms with Gasteiger partial charge in [0.15, 0.2) is 0 Å². The maximum Gasteiger partial charge on any atom is 0.251 e. The molecule has 0 aromatic heterocycles. The molecule has 1 amide bonds. The molecule has 1 unspecified atom stereocenters. The number of hydrogen-bond acceptors (Lipinski definition) is 4. The number of rotatable bonds is 14. The Morgan fingerprint density at radius 1 is 0.966 bits per heavy atom. The van der Waals surface area contributed by atoms with Crippen LogP contribution in [0.3, 0.4) is 0 Å². The van der Waals surface area contributed by atoms with Crippen molar-refractivity contribution in [3.8, 4) is 0 Å². The zero-order chi connectivity index (χ0) is 20.7. The first-order chi connectivity index (χ1) is 14.2. The molecule has 1 fully saturated rings. The average molecular weight is 405 g/mol. The van der Waals surface area contributed by atoms with Crippen molar-refractivity contribution in [2.75, 3.05) is 25.0 Å². The topological polar surface area (TPSA) is 81.6 Å². The van der Waals surface area contributed by atoms with Gasteiger partial charge in [-0.15, -0.1) is 0 Å². The van der Waals surface area contributed by atoms with E-state index in [0.29, 0.717) is 5.56 Å². The van der Waals surface area contributed by atoms with Gasteiger partial charge in [-0.3, -0.25) is 4.79 Å². The molecule has 0 saturated heterocycles. The molecule has 29 heavy (non-hydrogen) atoms. The van der Waals surface area contributed by atoms with Crippen molar-refractivity contribution in [1.82, 2.24) is 5.32 Å². The number of unbranched alkanes of at least 4 members (excludes halogenated alkanes) is 5. The minimum atomic E-state index is -0.920. The van der Waals surface area contributed by atoms with Crippen LogP contribution in [0.5, 0.6) is 0 Å². The van der Waals surface area contributed by atoms with Gasteiger partial charge in [-0.2, -0.15) is 0 Å². The predicted molar refractivity (Wildman–Crippen MR) is 119 cm³/mol. The number of aliphatic hydroxyl groups excluding tert-OH is 2. The summed E-state index contributed by atoms with van der Waals surface area (Å²) in [4.78, 5) is 11.9. The van der Waals surface area contributed by atoms with Gasteiger partial charge < -0.3 is 20.8 Å². The van der Waals surface area contributed by atoms with E-state index in [4.69, 9.17) is 5.11 Å². The van der Waals surface area contributed by atoms with Gasteiger partial charge in [-0.1, -0.05) is 70.6 Å². The summed E-state index contributed by atoms with van der Waals surface area (Å²) in [5, 5.41) is 24.1. The number of amides is 1. The summed E-state index contributed by atoms with van der Waals surface area (Å²) in [6.07, 6.45) is 15.8. The van der Waals surface area contributed by atoms with Crippen LogP contribution in [0.15, 0.2) is 24.3 Å². The number of carbonyl (C=O) groups is 1. The highest BCUT2D eigenvalue weighted by molar-refractivity contribution is 5.94. The molecule has 5 heteroatoms. The second kappa shape index (κ2) is 14.4. The highest BCUT2D eigenvalue weighted by Crippen LogP contribution is 2.28. The van der Waals surface area contributed by atoms with E-state index in [-0.39, 0.29) is 19.1 Å². The monoisotopic (exact) mass is 404 g/mol. The Balaban J connectivity index is 1.47. The minimum absolute atomic E-state index is 0.0515. The quantitative estimate of drug-likeness (QED) is 0.344. The summed E-state index contributed by atoms with van der Waals surface area (Å²) in [7, 11) is 0. The van der Waals surface area contributed by atoms with E-state index in [1.54, 1.807) is 12.1 Å². The van der Waals surface area contributed by atoms with Crippen LogP contribution < -0.4 is 10.6 Å². The molecule has 0 spiro atoms. The Labute approximate surface area is 176 Å². The molecule has 1 aromatic carbocycles. The summed E-state index contributed by atoms with van der Waals surface area (Å²) >= 11 is 0. The van der Waals surface area contributed by atoms with Crippen LogP contribution in [0.25, 0.3) is 0 Å². The molecular weight excluding hydrogens is 364 g/mol. The Kier molecular flexibility index (Phi) is 11.8. The van der Waals surface area contributed by atoms with Crippen molar-refractivity contribution in [3.05, 3.63) is 29.8 Å². The normalized spacial score (nSPS) is 15.8. The lowest BCUT2D eigenvalue weighted by molar-refractivity contribution is 0.0802. The third-order valence-electron chi connectivity index (χ3n) is 5.95. The van der Waals surface area contributed by atoms with Crippen LogP contribution >= 0.6 is 0 Å². The lowest BCUT2D eigenvalue weighted by Gasteiger charge is -2.21. The SMILES string of the molecule is O=C(NCC(O)CO)c1ccc(NCCCCCCCCC2CCCCC2)cc1. The smallest absolute Gasteiger partial charge is 0.251 e. The van der Waals surface area contributed by atoms with Crippen molar-refractivity contribution in [2.45, 2.75) is 83.2 Å². The van der Waals surface area contributed by atoms with Gasteiger partial charge in [0.05, 0.1) is 12.7 Å². The number of anilines is 1. The van der Waals surface area contributed by atoms with Gasteiger partial charge in [0.1, 0.15) is 0 Å². The van der Waals surface area contributed by atoms with Crippen LogP contribution in [-0.4, -0.2) is 41.9 Å². The maximum atomic E-state index is 11.9. The first-order valence-electron chi connectivity index (χ1n) is 11.6. The first-order valence-corrected chi connectivity index (χ1v) is 11.6. The Morgan fingerprint density at radius 2 is 1.62 bits per heavy atom. The van der Waals surface area contributed by atoms with E-state index in [1.165, 1.54) is 77.0 Å². The highest BCUT2D eigenvalue weighted by atomic mass is 16.3. The van der Waals surface area contributed by atoms with Crippen LogP contribution in [-0.2, 0) is 0 Å². The van der Waals surface area contributed by atoms with Gasteiger partial charge in [-0.25, -0.2) is 0 Å². The molecule has 1 aromatic rings. The molecule has 1 aliphatic carbocycles. The van der Waals surface area contributed by atoms with Crippen molar-refractivity contribution < 1.29 is 15.0 Å². The summed E-state index contributed by atoms with van der Waals surface area (Å²) in [6.45, 7) is 0.649. The zero-order valence-corrected chi connectivity index (χ0v) is 17.9. The van der Waals surface area contributed by atoms with E-state index in [2.05, 4.69) is 10.6 Å². The standard InChI is InChI=1S/C24H40N2O3/c27-19-23(28)18-26-24(29)21-13-15-22(16-14-21)25-17-9-4-2-1-3-6-10-20-11-7-5-8-12-20/h13-16,20,23,25,27-28H,1-12,17-19H2,(H,26,29). The minimum Gasteiger partial charge on any atom is -0.394 e. The molecule has 0 bridgehead atoms. The number of aliphatic hydroxyl groups is 2. The summed E-state index contributed by atoms with van der Waals surface area (Å²) in [6, 6.07) is 7.36. The molecule has 5 nitrogen and oxygen atoms in total. The molecule has 1 atom stereocenters. The third-order valence-corrected chi connectivity index (χ3v) is 5.95. The second-order valence-corrected chi connectivity index (χ2v) is 8.46. The molecule has 1 saturated carbocycles. The molecule has 164 valence electrons. The van der Waals surface area contributed by atoms with Gasteiger partial charge in [0, 0.05) is 24.3 Å². The molecule has 0 heterocycles. The van der Waals surface area contributed by atoms with E-state index >= 15 is 0 Å². The Hall–Kier alpha value is -1.59. The summed E-state index contributed by atoms with van der Waals surface area (Å²) in [5.74, 6) is 0.782. The fourth-order valence-corrected chi connectivity index (χ4v) is 4.09. The molecule has 0 radical (unpaired) electrons. The van der Waals surface area contributed by atoms with E-state index in [9.17, 15) is 9.90 Å². The fraction of sp³-hybridized carbons (Fsp3) is 0.708. The molecule has 0 aliphatic heterocycles. The highest BCUT2D eigenvalue weighted by Gasteiger charge is 2.12. The van der Waals surface area contributed by atoms with Gasteiger partial charge >= 0.3 is 0 Å². The zero-order valence-electron chi connectivity index (χ0n) is 17.9. The number of benzene rings is 1. The largest absolute Gasteiger partial charge is 0.394 e. The van der Waals surface area contributed by atoms with E-state index < -0.39 is 6.10 Å². The van der Waals surface area contributed by atoms with Crippen LogP contribution in [0.2, 0.25) is 0 Å². The van der Waals surface area contributed by atoms with Crippen LogP contribution in [0, 0.1) is 5.92 Å². The number of hydrogen-bond donors (Lipinski definition) is 4. The van der Waals surface area contributed by atoms with Crippen molar-refractivity contribution in [2.24, 2.45) is 5.92 Å². The van der Waals surface area contributed by atoms with Crippen LogP contribution in [0.4, 0.5) is 5.69 Å². The lowest BCUT2D eigenvalue weighted by atomic mass is 9.85. The van der Waals surface area contributed by atoms with E-state index in [1.807, 2.05) is 12.1 Å². The van der Waals surface area contributed by atoms with Crippen molar-refractivity contribution >= 4 is 11.6 Å². The molecule has 4 N–H and O–H groups in total. The average Bonchev–Trinajstić information content (AvgIpc) is 2.77. The van der Waals surface area contributed by atoms with E-state index in [0.717, 1.165) is 18.2 Å². The van der Waals surface area contributed by atoms with Gasteiger partial charge in [0.2, 0.25) is 0 Å². The second-order valence-electron chi connectivity index (χ2n) is 8.46. The number of nitrogens with one attached hydrogen (secondary N) is 2. The van der Waals surface area contributed by atoms with Gasteiger partial charge in [-0.05, 0) is 36.6 Å². The first kappa shape index (κ1) is 23.7. The maximum absolute atomic E-state index is 11.9. The lowest BCUT2D eigenvalue weighted by Crippen LogP contribution is -2.33. The van der Waals surface area contributed by atoms with Crippen molar-refractivity contribution in [1.29, 1.82) is 0 Å². The summed E-state index contributed by atoms with van der Waals surface area (Å²) < 4.78 is 0. The van der Waals surface area contributed by atoms with Crippen molar-refractivity contribution in [3.63, 3.8) is 0 Å². The third kappa shape index (κ3) is 10.1. The summed E-state index contributed by atoms with van der Waals surface area (Å²) in [5.41, 5.74) is 1.57. The predicted octanol–water partition coefficient (Wildman–Crippen LogP) is 4.49.